The quantitative estimate of drug-likeness (QED) is 0.791. The molecule has 0 spiro atoms. The van der Waals surface area contributed by atoms with E-state index in [1.807, 2.05) is 29.2 Å². The number of carbonyl (C=O) groups excluding carboxylic acids is 1. The summed E-state index contributed by atoms with van der Waals surface area (Å²) in [5.41, 5.74) is 1.64. The zero-order valence-electron chi connectivity index (χ0n) is 11.3. The van der Waals surface area contributed by atoms with Gasteiger partial charge < -0.3 is 4.90 Å². The number of rotatable bonds is 4. The van der Waals surface area contributed by atoms with Crippen molar-refractivity contribution >= 4 is 29.1 Å². The summed E-state index contributed by atoms with van der Waals surface area (Å²) in [6, 6.07) is 11.3. The molecule has 1 aromatic heterocycles. The third-order valence-electron chi connectivity index (χ3n) is 3.49. The summed E-state index contributed by atoms with van der Waals surface area (Å²) in [4.78, 5) is 18.5. The lowest BCUT2D eigenvalue weighted by molar-refractivity contribution is 0.0729. The molecule has 3 nitrogen and oxygen atoms in total. The first-order valence-electron chi connectivity index (χ1n) is 6.80. The summed E-state index contributed by atoms with van der Waals surface area (Å²) in [7, 11) is 0. The molecule has 1 amide bonds. The zero-order chi connectivity index (χ0) is 14.8. The minimum Gasteiger partial charge on any atom is -0.331 e. The van der Waals surface area contributed by atoms with Gasteiger partial charge in [0.25, 0.3) is 5.91 Å². The number of halogens is 2. The number of carbonyl (C=O) groups is 1. The fourth-order valence-electron chi connectivity index (χ4n) is 2.21. The average molecular weight is 321 g/mol. The maximum absolute atomic E-state index is 12.6. The van der Waals surface area contributed by atoms with Gasteiger partial charge in [0.15, 0.2) is 0 Å². The third-order valence-corrected chi connectivity index (χ3v) is 3.96. The third kappa shape index (κ3) is 3.55. The lowest BCUT2D eigenvalue weighted by atomic mass is 10.2. The summed E-state index contributed by atoms with van der Waals surface area (Å²) in [6.07, 6.45) is 3.64. The maximum Gasteiger partial charge on any atom is 0.255 e. The van der Waals surface area contributed by atoms with Gasteiger partial charge in [-0.3, -0.25) is 4.79 Å². The maximum atomic E-state index is 12.6. The number of hydrogen-bond donors (Lipinski definition) is 0. The van der Waals surface area contributed by atoms with Crippen LogP contribution >= 0.6 is 23.2 Å². The van der Waals surface area contributed by atoms with Crippen molar-refractivity contribution in [2.24, 2.45) is 0 Å². The molecule has 0 aliphatic heterocycles. The van der Waals surface area contributed by atoms with Crippen molar-refractivity contribution in [3.63, 3.8) is 0 Å². The first-order chi connectivity index (χ1) is 10.1. The highest BCUT2D eigenvalue weighted by Gasteiger charge is 2.33. The van der Waals surface area contributed by atoms with Crippen LogP contribution < -0.4 is 0 Å². The first kappa shape index (κ1) is 14.4. The van der Waals surface area contributed by atoms with Crippen molar-refractivity contribution in [3.05, 3.63) is 63.9 Å². The lowest BCUT2D eigenvalue weighted by Crippen LogP contribution is -2.32. The Morgan fingerprint density at radius 2 is 1.86 bits per heavy atom. The van der Waals surface area contributed by atoms with Crippen LogP contribution in [0.25, 0.3) is 0 Å². The van der Waals surface area contributed by atoms with Gasteiger partial charge in [0.1, 0.15) is 5.15 Å². The molecule has 108 valence electrons. The Kier molecular flexibility index (Phi) is 4.13. The number of benzene rings is 1. The van der Waals surface area contributed by atoms with E-state index < -0.39 is 0 Å². The molecular weight excluding hydrogens is 307 g/mol. The topological polar surface area (TPSA) is 33.2 Å². The van der Waals surface area contributed by atoms with Crippen LogP contribution in [-0.2, 0) is 6.54 Å². The predicted octanol–water partition coefficient (Wildman–Crippen LogP) is 4.19. The van der Waals surface area contributed by atoms with Gasteiger partial charge in [0.2, 0.25) is 0 Å². The molecule has 0 saturated heterocycles. The minimum atomic E-state index is -0.00313. The summed E-state index contributed by atoms with van der Waals surface area (Å²) in [6.45, 7) is 0.587. The molecule has 0 atom stereocenters. The minimum absolute atomic E-state index is 0.00313. The monoisotopic (exact) mass is 320 g/mol. The molecule has 0 bridgehead atoms. The lowest BCUT2D eigenvalue weighted by Gasteiger charge is -2.22. The van der Waals surface area contributed by atoms with Crippen LogP contribution in [0, 0.1) is 0 Å². The van der Waals surface area contributed by atoms with Crippen molar-refractivity contribution < 1.29 is 4.79 Å². The molecule has 0 unspecified atom stereocenters. The average Bonchev–Trinajstić information content (AvgIpc) is 3.31. The van der Waals surface area contributed by atoms with Gasteiger partial charge in [0, 0.05) is 23.8 Å². The molecule has 1 aliphatic rings. The number of pyridine rings is 1. The van der Waals surface area contributed by atoms with Gasteiger partial charge >= 0.3 is 0 Å². The van der Waals surface area contributed by atoms with Crippen molar-refractivity contribution in [2.75, 3.05) is 0 Å². The highest BCUT2D eigenvalue weighted by molar-refractivity contribution is 6.30. The Balaban J connectivity index is 1.79. The van der Waals surface area contributed by atoms with E-state index in [1.54, 1.807) is 12.1 Å². The van der Waals surface area contributed by atoms with Crippen LogP contribution in [0.2, 0.25) is 10.2 Å². The van der Waals surface area contributed by atoms with Gasteiger partial charge in [-0.2, -0.15) is 0 Å². The Hall–Kier alpha value is -1.58. The molecule has 1 fully saturated rings. The van der Waals surface area contributed by atoms with E-state index in [0.717, 1.165) is 18.4 Å². The summed E-state index contributed by atoms with van der Waals surface area (Å²) >= 11 is 11.7. The molecule has 5 heteroatoms. The number of aromatic nitrogens is 1. The Morgan fingerprint density at radius 3 is 2.43 bits per heavy atom. The van der Waals surface area contributed by atoms with Crippen LogP contribution in [0.3, 0.4) is 0 Å². The molecule has 1 heterocycles. The van der Waals surface area contributed by atoms with Crippen LogP contribution in [0.1, 0.15) is 28.8 Å². The van der Waals surface area contributed by atoms with E-state index in [4.69, 9.17) is 23.2 Å². The summed E-state index contributed by atoms with van der Waals surface area (Å²) in [5.74, 6) is -0.00313. The van der Waals surface area contributed by atoms with Gasteiger partial charge in [-0.05, 0) is 42.7 Å². The molecule has 1 saturated carbocycles. The molecule has 0 radical (unpaired) electrons. The largest absolute Gasteiger partial charge is 0.331 e. The van der Waals surface area contributed by atoms with E-state index in [1.165, 1.54) is 6.20 Å². The van der Waals surface area contributed by atoms with Gasteiger partial charge in [-0.1, -0.05) is 35.3 Å². The Morgan fingerprint density at radius 1 is 1.14 bits per heavy atom. The molecule has 3 rings (SSSR count). The number of hydrogen-bond acceptors (Lipinski definition) is 2. The van der Waals surface area contributed by atoms with E-state index in [0.29, 0.717) is 28.3 Å². The van der Waals surface area contributed by atoms with E-state index in [9.17, 15) is 4.79 Å². The fourth-order valence-corrected chi connectivity index (χ4v) is 2.45. The normalized spacial score (nSPS) is 14.0. The Labute approximate surface area is 133 Å². The van der Waals surface area contributed by atoms with Crippen LogP contribution in [0.15, 0.2) is 42.6 Å². The second-order valence-corrected chi connectivity index (χ2v) is 5.98. The molecule has 1 aliphatic carbocycles. The highest BCUT2D eigenvalue weighted by atomic mass is 35.5. The first-order valence-corrected chi connectivity index (χ1v) is 7.56. The van der Waals surface area contributed by atoms with E-state index >= 15 is 0 Å². The molecule has 1 aromatic carbocycles. The van der Waals surface area contributed by atoms with Crippen molar-refractivity contribution in [1.29, 1.82) is 0 Å². The fraction of sp³-hybridized carbons (Fsp3) is 0.250. The van der Waals surface area contributed by atoms with Crippen molar-refractivity contribution in [1.82, 2.24) is 9.88 Å². The second kappa shape index (κ2) is 6.04. The van der Waals surface area contributed by atoms with Crippen LogP contribution in [0.4, 0.5) is 0 Å². The summed E-state index contributed by atoms with van der Waals surface area (Å²) in [5, 5.41) is 1.09. The van der Waals surface area contributed by atoms with Gasteiger partial charge in [-0.25, -0.2) is 4.98 Å². The van der Waals surface area contributed by atoms with Gasteiger partial charge in [0.05, 0.1) is 5.56 Å². The molecule has 0 N–H and O–H groups in total. The Bertz CT molecular complexity index is 636. The van der Waals surface area contributed by atoms with Crippen molar-refractivity contribution in [3.8, 4) is 0 Å². The van der Waals surface area contributed by atoms with Crippen LogP contribution in [0.5, 0.6) is 0 Å². The second-order valence-electron chi connectivity index (χ2n) is 5.16. The summed E-state index contributed by atoms with van der Waals surface area (Å²) < 4.78 is 0. The van der Waals surface area contributed by atoms with Gasteiger partial charge in [-0.15, -0.1) is 0 Å². The highest BCUT2D eigenvalue weighted by Crippen LogP contribution is 2.30. The van der Waals surface area contributed by atoms with Crippen molar-refractivity contribution in [2.45, 2.75) is 25.4 Å². The van der Waals surface area contributed by atoms with Crippen LogP contribution in [-0.4, -0.2) is 21.8 Å². The zero-order valence-corrected chi connectivity index (χ0v) is 12.8. The van der Waals surface area contributed by atoms with E-state index in [-0.39, 0.29) is 5.91 Å². The molecule has 2 aromatic rings. The SMILES string of the molecule is O=C(c1ccc(Cl)nc1)N(Cc1ccc(Cl)cc1)C1CC1. The smallest absolute Gasteiger partial charge is 0.255 e. The predicted molar refractivity (Wildman–Crippen MR) is 83.6 cm³/mol. The number of nitrogens with zero attached hydrogens (tertiary/aromatic N) is 2. The molecular formula is C16H14Cl2N2O. The molecule has 21 heavy (non-hydrogen) atoms. The van der Waals surface area contributed by atoms with E-state index in [2.05, 4.69) is 4.98 Å². The standard InChI is InChI=1S/C16H14Cl2N2O/c17-13-4-1-11(2-5-13)10-20(14-6-7-14)16(21)12-3-8-15(18)19-9-12/h1-5,8-9,14H,6-7,10H2. The number of amides is 1.